The Kier molecular flexibility index (Phi) is 10.1. The third-order valence-corrected chi connectivity index (χ3v) is 15.2. The normalized spacial score (nSPS) is 12.5. The van der Waals surface area contributed by atoms with Crippen molar-refractivity contribution >= 4 is 49.8 Å². The Morgan fingerprint density at radius 3 is 1.38 bits per heavy atom. The van der Waals surface area contributed by atoms with Gasteiger partial charge in [-0.15, -0.1) is 0 Å². The second kappa shape index (κ2) is 17.4. The van der Waals surface area contributed by atoms with Gasteiger partial charge in [-0.3, -0.25) is 0 Å². The number of hydrogen-bond acceptors (Lipinski definition) is 2. The Morgan fingerprint density at radius 2 is 0.699 bits per heavy atom. The molecule has 1 aliphatic carbocycles. The molecule has 0 unspecified atom stereocenters. The number of nitrogens with zero attached hydrogens (tertiary/aromatic N) is 1. The highest BCUT2D eigenvalue weighted by Gasteiger charge is 2.46. The number of para-hydroxylation sites is 1. The molecule has 0 atom stereocenters. The molecule has 1 aromatic heterocycles. The van der Waals surface area contributed by atoms with Crippen molar-refractivity contribution in [3.8, 4) is 55.6 Å². The fourth-order valence-corrected chi connectivity index (χ4v) is 11.9. The van der Waals surface area contributed by atoms with Crippen molar-refractivity contribution in [1.82, 2.24) is 0 Å². The smallest absolute Gasteiger partial charge is 0.136 e. The van der Waals surface area contributed by atoms with Gasteiger partial charge in [0.2, 0.25) is 0 Å². The summed E-state index contributed by atoms with van der Waals surface area (Å²) in [6.07, 6.45) is 0. The quantitative estimate of drug-likeness (QED) is 0.143. The lowest BCUT2D eigenvalue weighted by molar-refractivity contribution is 0.669. The van der Waals surface area contributed by atoms with Crippen LogP contribution < -0.4 is 4.90 Å². The van der Waals surface area contributed by atoms with Gasteiger partial charge >= 0.3 is 0 Å². The topological polar surface area (TPSA) is 16.4 Å². The molecule has 0 bridgehead atoms. The predicted molar refractivity (Wildman–Crippen MR) is 305 cm³/mol. The largest absolute Gasteiger partial charge is 0.456 e. The van der Waals surface area contributed by atoms with E-state index < -0.39 is 5.41 Å². The van der Waals surface area contributed by atoms with Gasteiger partial charge in [0.05, 0.1) is 5.41 Å². The first kappa shape index (κ1) is 42.4. The average Bonchev–Trinajstić information content (AvgIpc) is 4.01. The molecule has 0 fully saturated rings. The maximum Gasteiger partial charge on any atom is 0.136 e. The van der Waals surface area contributed by atoms with Gasteiger partial charge < -0.3 is 9.32 Å². The molecule has 0 amide bonds. The minimum atomic E-state index is -0.464. The maximum absolute atomic E-state index is 6.30. The van der Waals surface area contributed by atoms with E-state index >= 15 is 0 Å². The molecule has 1 aliphatic rings. The summed E-state index contributed by atoms with van der Waals surface area (Å²) in [6, 6.07) is 104. The Hall–Kier alpha value is -9.50. The van der Waals surface area contributed by atoms with Gasteiger partial charge in [0.15, 0.2) is 0 Å². The fourth-order valence-electron chi connectivity index (χ4n) is 11.9. The van der Waals surface area contributed by atoms with E-state index in [1.807, 2.05) is 12.1 Å². The van der Waals surface area contributed by atoms with Crippen molar-refractivity contribution < 1.29 is 4.42 Å². The van der Waals surface area contributed by atoms with Crippen LogP contribution in [0.2, 0.25) is 0 Å². The third-order valence-electron chi connectivity index (χ3n) is 15.2. The summed E-state index contributed by atoms with van der Waals surface area (Å²) < 4.78 is 6.30. The molecule has 13 aromatic rings. The molecular formula is C71H47NO. The summed E-state index contributed by atoms with van der Waals surface area (Å²) in [5.74, 6) is 0. The summed E-state index contributed by atoms with van der Waals surface area (Å²) >= 11 is 0. The second-order valence-corrected chi connectivity index (χ2v) is 19.1. The molecule has 0 radical (unpaired) electrons. The summed E-state index contributed by atoms with van der Waals surface area (Å²) in [6.45, 7) is 0. The molecule has 0 saturated heterocycles. The van der Waals surface area contributed by atoms with E-state index in [-0.39, 0.29) is 0 Å². The first-order chi connectivity index (χ1) is 36.2. The van der Waals surface area contributed by atoms with Crippen molar-refractivity contribution in [2.45, 2.75) is 5.41 Å². The van der Waals surface area contributed by atoms with Crippen molar-refractivity contribution in [1.29, 1.82) is 0 Å². The molecule has 1 heterocycles. The number of furan rings is 1. The van der Waals surface area contributed by atoms with Crippen LogP contribution in [0.15, 0.2) is 290 Å². The van der Waals surface area contributed by atoms with Crippen LogP contribution in [0, 0.1) is 0 Å². The van der Waals surface area contributed by atoms with E-state index in [4.69, 9.17) is 4.42 Å². The number of hydrogen-bond donors (Lipinski definition) is 0. The number of benzene rings is 12. The Bertz CT molecular complexity index is 4110. The second-order valence-electron chi connectivity index (χ2n) is 19.1. The fraction of sp³-hybridized carbons (Fsp3) is 0.0141. The maximum atomic E-state index is 6.30. The number of fused-ring (bicyclic) bond motifs is 7. The van der Waals surface area contributed by atoms with Crippen LogP contribution in [-0.4, -0.2) is 0 Å². The van der Waals surface area contributed by atoms with Crippen molar-refractivity contribution in [2.75, 3.05) is 4.90 Å². The zero-order valence-corrected chi connectivity index (χ0v) is 40.0. The van der Waals surface area contributed by atoms with Crippen LogP contribution in [-0.2, 0) is 5.41 Å². The minimum absolute atomic E-state index is 0.464. The summed E-state index contributed by atoms with van der Waals surface area (Å²) in [5.41, 5.74) is 21.7. The van der Waals surface area contributed by atoms with Crippen LogP contribution in [0.5, 0.6) is 0 Å². The lowest BCUT2D eigenvalue weighted by Gasteiger charge is -2.34. The number of anilines is 3. The predicted octanol–water partition coefficient (Wildman–Crippen LogP) is 19.2. The van der Waals surface area contributed by atoms with Gasteiger partial charge in [-0.2, -0.15) is 0 Å². The summed E-state index contributed by atoms with van der Waals surface area (Å²) in [5, 5.41) is 4.78. The first-order valence-corrected chi connectivity index (χ1v) is 25.2. The van der Waals surface area contributed by atoms with Crippen molar-refractivity contribution in [3.63, 3.8) is 0 Å². The molecule has 2 heteroatoms. The Morgan fingerprint density at radius 1 is 0.274 bits per heavy atom. The van der Waals surface area contributed by atoms with Gasteiger partial charge in [0, 0.05) is 27.8 Å². The lowest BCUT2D eigenvalue weighted by atomic mass is 9.67. The molecule has 0 saturated carbocycles. The van der Waals surface area contributed by atoms with Gasteiger partial charge in [0.25, 0.3) is 0 Å². The van der Waals surface area contributed by atoms with Crippen LogP contribution in [0.25, 0.3) is 88.3 Å². The van der Waals surface area contributed by atoms with E-state index in [9.17, 15) is 0 Å². The third kappa shape index (κ3) is 6.94. The first-order valence-electron chi connectivity index (χ1n) is 25.2. The molecular weight excluding hydrogens is 883 g/mol. The zero-order valence-electron chi connectivity index (χ0n) is 40.0. The highest BCUT2D eigenvalue weighted by molar-refractivity contribution is 6.12. The SMILES string of the molecule is c1ccc(C2(c3ccccc3)c3ccccc3-c3c(-c4ccc(N(c5ccc(-c6ccc(-c7cccc8ccccc78)cc6)cc5)c5ccc(-c6cccc7oc8ccccc8c67)cc5)cc4)cccc32)cc1. The monoisotopic (exact) mass is 929 g/mol. The molecule has 14 rings (SSSR count). The van der Waals surface area contributed by atoms with E-state index in [1.54, 1.807) is 0 Å². The van der Waals surface area contributed by atoms with Gasteiger partial charge in [0.1, 0.15) is 11.2 Å². The van der Waals surface area contributed by atoms with E-state index in [0.29, 0.717) is 0 Å². The van der Waals surface area contributed by atoms with Crippen molar-refractivity contribution in [3.05, 3.63) is 307 Å². The van der Waals surface area contributed by atoms with E-state index in [0.717, 1.165) is 50.1 Å². The van der Waals surface area contributed by atoms with Crippen LogP contribution in [0.3, 0.4) is 0 Å². The highest BCUT2D eigenvalue weighted by Crippen LogP contribution is 2.58. The molecule has 0 aliphatic heterocycles. The highest BCUT2D eigenvalue weighted by atomic mass is 16.3. The Balaban J connectivity index is 0.861. The standard InChI is InChI=1S/C71H47NO/c1-3-18-54(19-4-1)71(55-20-5-2-6-21-55)65-28-11-9-23-63(65)69-61(26-14-29-66(69)71)52-38-44-57(45-39-52)72(58-46-40-53(41-47-58)62-27-15-31-68-70(62)64-24-10-12-30-67(64)73-68)56-42-36-49(37-43-56)48-32-34-51(35-33-48)60-25-13-17-50-16-7-8-22-59(50)60/h1-47H. The van der Waals surface area contributed by atoms with Crippen molar-refractivity contribution in [2.24, 2.45) is 0 Å². The van der Waals surface area contributed by atoms with E-state index in [1.165, 1.54) is 77.5 Å². The van der Waals surface area contributed by atoms with Crippen LogP contribution in [0.4, 0.5) is 17.1 Å². The Labute approximate surface area is 425 Å². The summed E-state index contributed by atoms with van der Waals surface area (Å²) in [4.78, 5) is 2.37. The zero-order chi connectivity index (χ0) is 48.3. The molecule has 2 nitrogen and oxygen atoms in total. The number of rotatable bonds is 9. The molecule has 12 aromatic carbocycles. The van der Waals surface area contributed by atoms with Gasteiger partial charge in [-0.25, -0.2) is 0 Å². The molecule has 0 N–H and O–H groups in total. The van der Waals surface area contributed by atoms with Crippen LogP contribution in [0.1, 0.15) is 22.3 Å². The van der Waals surface area contributed by atoms with E-state index in [2.05, 4.69) is 278 Å². The molecule has 73 heavy (non-hydrogen) atoms. The summed E-state index contributed by atoms with van der Waals surface area (Å²) in [7, 11) is 0. The van der Waals surface area contributed by atoms with Gasteiger partial charge in [-0.1, -0.05) is 237 Å². The lowest BCUT2D eigenvalue weighted by Crippen LogP contribution is -2.28. The molecule has 0 spiro atoms. The van der Waals surface area contributed by atoms with Crippen LogP contribution >= 0.6 is 0 Å². The minimum Gasteiger partial charge on any atom is -0.456 e. The van der Waals surface area contributed by atoms with Gasteiger partial charge in [-0.05, 0) is 137 Å². The molecule has 342 valence electrons. The average molecular weight is 930 g/mol.